The SMILES string of the molecule is [2H]c1c([2H])c(-c2ccc3c(c2)c2ccccc2n3-c2ccccc2)c([2H])c(N(c2ccc(-c3ccc4ccccc4c3)cc2)c2cccc3oc4c5ccccc5ccc4c23)c1[2H]. The minimum absolute atomic E-state index is 0.0130. The van der Waals surface area contributed by atoms with Gasteiger partial charge in [0.1, 0.15) is 11.2 Å². The Kier molecular flexibility index (Phi) is 6.65. The van der Waals surface area contributed by atoms with E-state index < -0.39 is 0 Å². The fraction of sp³-hybridized carbons (Fsp3) is 0. The Hall–Kier alpha value is -7.88. The molecule has 0 spiro atoms. The predicted molar refractivity (Wildman–Crippen MR) is 249 cm³/mol. The second-order valence-electron chi connectivity index (χ2n) is 15.0. The third kappa shape index (κ3) is 5.44. The largest absolute Gasteiger partial charge is 0.455 e. The molecule has 0 atom stereocenters. The average molecular weight is 757 g/mol. The molecule has 2 aromatic heterocycles. The molecule has 3 heteroatoms. The zero-order chi connectivity index (χ0) is 42.3. The van der Waals surface area contributed by atoms with Gasteiger partial charge < -0.3 is 13.9 Å². The highest BCUT2D eigenvalue weighted by Crippen LogP contribution is 2.45. The molecule has 2 heterocycles. The maximum absolute atomic E-state index is 10.1. The van der Waals surface area contributed by atoms with Crippen LogP contribution in [0.2, 0.25) is 0 Å². The third-order valence-corrected chi connectivity index (χ3v) is 11.6. The molecule has 0 aliphatic carbocycles. The highest BCUT2D eigenvalue weighted by molar-refractivity contribution is 6.19. The number of aromatic nitrogens is 1. The summed E-state index contributed by atoms with van der Waals surface area (Å²) in [5.41, 5.74) is 9.11. The van der Waals surface area contributed by atoms with Crippen LogP contribution in [0.1, 0.15) is 5.48 Å². The summed E-state index contributed by atoms with van der Waals surface area (Å²) in [6.45, 7) is 0. The highest BCUT2D eigenvalue weighted by Gasteiger charge is 2.21. The quantitative estimate of drug-likeness (QED) is 0.168. The van der Waals surface area contributed by atoms with Gasteiger partial charge in [-0.1, -0.05) is 139 Å². The summed E-state index contributed by atoms with van der Waals surface area (Å²) in [6.07, 6.45) is 0. The molecule has 0 N–H and O–H groups in total. The average Bonchev–Trinajstić information content (AvgIpc) is 3.89. The Morgan fingerprint density at radius 1 is 0.441 bits per heavy atom. The van der Waals surface area contributed by atoms with Crippen molar-refractivity contribution in [3.63, 3.8) is 0 Å². The van der Waals surface area contributed by atoms with Crippen molar-refractivity contribution in [2.24, 2.45) is 0 Å². The Labute approximate surface area is 346 Å². The lowest BCUT2D eigenvalue weighted by molar-refractivity contribution is 0.672. The fourth-order valence-corrected chi connectivity index (χ4v) is 8.86. The fourth-order valence-electron chi connectivity index (χ4n) is 8.86. The first kappa shape index (κ1) is 29.4. The summed E-state index contributed by atoms with van der Waals surface area (Å²) in [4.78, 5) is 1.92. The number of para-hydroxylation sites is 2. The van der Waals surface area contributed by atoms with Gasteiger partial charge in [0.15, 0.2) is 0 Å². The first-order chi connectivity index (χ1) is 30.9. The van der Waals surface area contributed by atoms with Gasteiger partial charge in [-0.3, -0.25) is 0 Å². The van der Waals surface area contributed by atoms with Crippen LogP contribution in [0.3, 0.4) is 0 Å². The van der Waals surface area contributed by atoms with Crippen LogP contribution in [0, 0.1) is 0 Å². The maximum Gasteiger partial charge on any atom is 0.143 e. The Balaban J connectivity index is 1.10. The highest BCUT2D eigenvalue weighted by atomic mass is 16.3. The molecule has 0 aliphatic heterocycles. The molecule has 0 fully saturated rings. The second-order valence-corrected chi connectivity index (χ2v) is 15.0. The third-order valence-electron chi connectivity index (χ3n) is 11.6. The number of hydrogen-bond acceptors (Lipinski definition) is 2. The first-order valence-electron chi connectivity index (χ1n) is 21.8. The van der Waals surface area contributed by atoms with E-state index in [0.717, 1.165) is 71.1 Å². The van der Waals surface area contributed by atoms with Gasteiger partial charge in [0, 0.05) is 38.6 Å². The van der Waals surface area contributed by atoms with Crippen LogP contribution in [0.15, 0.2) is 223 Å². The van der Waals surface area contributed by atoms with E-state index in [1.54, 1.807) is 0 Å². The van der Waals surface area contributed by atoms with Crippen LogP contribution >= 0.6 is 0 Å². The smallest absolute Gasteiger partial charge is 0.143 e. The van der Waals surface area contributed by atoms with Gasteiger partial charge in [-0.2, -0.15) is 0 Å². The molecule has 0 bridgehead atoms. The Morgan fingerprint density at radius 3 is 2.02 bits per heavy atom. The minimum Gasteiger partial charge on any atom is -0.455 e. The number of hydrogen-bond donors (Lipinski definition) is 0. The van der Waals surface area contributed by atoms with Crippen molar-refractivity contribution < 1.29 is 9.90 Å². The van der Waals surface area contributed by atoms with Gasteiger partial charge in [0.05, 0.1) is 27.6 Å². The van der Waals surface area contributed by atoms with Crippen LogP contribution in [0.4, 0.5) is 17.1 Å². The van der Waals surface area contributed by atoms with E-state index in [2.05, 4.69) is 95.6 Å². The van der Waals surface area contributed by atoms with E-state index in [4.69, 9.17) is 4.42 Å². The van der Waals surface area contributed by atoms with Crippen molar-refractivity contribution in [3.8, 4) is 27.9 Å². The number of benzene rings is 10. The molecule has 12 rings (SSSR count). The summed E-state index contributed by atoms with van der Waals surface area (Å²) < 4.78 is 47.3. The van der Waals surface area contributed by atoms with Crippen LogP contribution in [0.5, 0.6) is 0 Å². The molecular weight excluding hydrogens is 717 g/mol. The number of nitrogens with zero attached hydrogens (tertiary/aromatic N) is 2. The van der Waals surface area contributed by atoms with Crippen molar-refractivity contribution >= 4 is 82.4 Å². The lowest BCUT2D eigenvalue weighted by Crippen LogP contribution is -2.10. The van der Waals surface area contributed by atoms with Crippen LogP contribution in [0.25, 0.3) is 93.2 Å². The van der Waals surface area contributed by atoms with Gasteiger partial charge in [0.25, 0.3) is 0 Å². The van der Waals surface area contributed by atoms with Crippen LogP contribution < -0.4 is 4.90 Å². The van der Waals surface area contributed by atoms with Gasteiger partial charge in [0.2, 0.25) is 0 Å². The summed E-state index contributed by atoms with van der Waals surface area (Å²) in [6, 6.07) is 65.0. The molecule has 276 valence electrons. The van der Waals surface area contributed by atoms with E-state index >= 15 is 0 Å². The van der Waals surface area contributed by atoms with Gasteiger partial charge >= 0.3 is 0 Å². The molecule has 0 aliphatic rings. The lowest BCUT2D eigenvalue weighted by Gasteiger charge is -2.27. The Morgan fingerprint density at radius 2 is 1.14 bits per heavy atom. The van der Waals surface area contributed by atoms with Crippen molar-refractivity contribution in [1.82, 2.24) is 4.57 Å². The van der Waals surface area contributed by atoms with E-state index in [1.165, 1.54) is 5.39 Å². The van der Waals surface area contributed by atoms with Gasteiger partial charge in [-0.05, 0) is 117 Å². The van der Waals surface area contributed by atoms with Crippen LogP contribution in [-0.4, -0.2) is 4.57 Å². The standard InChI is InChI=1S/C56H36N2O/c1-2-16-44(17-3-1)58-51-21-9-8-20-48(51)50-36-43(29-33-52(50)58)41-15-10-18-46(35-41)57(45-30-26-38(27-31-45)42-25-24-37-12-4-5-14-40(37)34-42)53-22-11-23-54-55(53)49-32-28-39-13-6-7-19-47(39)56(49)59-54/h1-36H/i10D,15D,18D,35D. The Bertz CT molecular complexity index is 3800. The molecule has 59 heavy (non-hydrogen) atoms. The zero-order valence-electron chi connectivity index (χ0n) is 35.8. The number of furan rings is 1. The molecule has 0 unspecified atom stereocenters. The topological polar surface area (TPSA) is 21.3 Å². The van der Waals surface area contributed by atoms with E-state index in [9.17, 15) is 5.48 Å². The number of anilines is 3. The summed E-state index contributed by atoms with van der Waals surface area (Å²) >= 11 is 0. The van der Waals surface area contributed by atoms with Crippen molar-refractivity contribution in [2.75, 3.05) is 4.90 Å². The first-order valence-corrected chi connectivity index (χ1v) is 19.8. The monoisotopic (exact) mass is 756 g/mol. The van der Waals surface area contributed by atoms with Crippen molar-refractivity contribution in [2.45, 2.75) is 0 Å². The minimum atomic E-state index is -0.254. The van der Waals surface area contributed by atoms with Crippen molar-refractivity contribution in [3.05, 3.63) is 218 Å². The van der Waals surface area contributed by atoms with E-state index in [-0.39, 0.29) is 35.4 Å². The molecule has 0 saturated carbocycles. The second kappa shape index (κ2) is 13.4. The molecule has 0 amide bonds. The molecule has 0 saturated heterocycles. The molecule has 0 radical (unpaired) electrons. The van der Waals surface area contributed by atoms with Crippen molar-refractivity contribution in [1.29, 1.82) is 0 Å². The summed E-state index contributed by atoms with van der Waals surface area (Å²) in [7, 11) is 0. The van der Waals surface area contributed by atoms with E-state index in [1.807, 2.05) is 108 Å². The molecule has 10 aromatic carbocycles. The van der Waals surface area contributed by atoms with Gasteiger partial charge in [-0.15, -0.1) is 0 Å². The summed E-state index contributed by atoms with van der Waals surface area (Å²) in [5.74, 6) is 0. The normalized spacial score (nSPS) is 12.7. The maximum atomic E-state index is 10.1. The summed E-state index contributed by atoms with van der Waals surface area (Å²) in [5, 5.41) is 8.11. The molecular formula is C56H36N2O. The predicted octanol–water partition coefficient (Wildman–Crippen LogP) is 15.8. The number of rotatable bonds is 6. The molecule has 3 nitrogen and oxygen atoms in total. The van der Waals surface area contributed by atoms with Gasteiger partial charge in [-0.25, -0.2) is 0 Å². The van der Waals surface area contributed by atoms with Crippen LogP contribution in [-0.2, 0) is 0 Å². The molecule has 12 aromatic rings. The van der Waals surface area contributed by atoms with E-state index in [0.29, 0.717) is 22.5 Å². The zero-order valence-corrected chi connectivity index (χ0v) is 31.8. The number of fused-ring (bicyclic) bond motifs is 9. The lowest BCUT2D eigenvalue weighted by atomic mass is 9.99.